The van der Waals surface area contributed by atoms with Gasteiger partial charge in [0.1, 0.15) is 11.5 Å². The zero-order chi connectivity index (χ0) is 32.5. The molecule has 0 saturated carbocycles. The van der Waals surface area contributed by atoms with Gasteiger partial charge in [0.15, 0.2) is 0 Å². The molecule has 4 aromatic carbocycles. The number of sulfone groups is 2. The lowest BCUT2D eigenvalue weighted by Gasteiger charge is -2.26. The monoisotopic (exact) mass is 718 g/mol. The highest BCUT2D eigenvalue weighted by Crippen LogP contribution is 2.37. The third kappa shape index (κ3) is 9.31. The van der Waals surface area contributed by atoms with E-state index in [4.69, 9.17) is 15.2 Å². The van der Waals surface area contributed by atoms with Crippen molar-refractivity contribution in [2.24, 2.45) is 5.73 Å². The summed E-state index contributed by atoms with van der Waals surface area (Å²) in [5.74, 6) is 1.92. The van der Waals surface area contributed by atoms with E-state index in [0.717, 1.165) is 30.5 Å². The van der Waals surface area contributed by atoms with Gasteiger partial charge in [0.2, 0.25) is 19.7 Å². The number of hydrogen-bond acceptors (Lipinski definition) is 8. The summed E-state index contributed by atoms with van der Waals surface area (Å²) < 4.78 is 61.8. The second kappa shape index (κ2) is 18.5. The number of likely N-dealkylation sites (N-methyl/N-ethyl adjacent to an activating group) is 1. The zero-order valence-corrected chi connectivity index (χ0v) is 29.6. The third-order valence-corrected chi connectivity index (χ3v) is 11.3. The van der Waals surface area contributed by atoms with Crippen molar-refractivity contribution in [3.05, 3.63) is 108 Å². The van der Waals surface area contributed by atoms with Crippen LogP contribution in [0.15, 0.2) is 117 Å². The van der Waals surface area contributed by atoms with Crippen molar-refractivity contribution in [3.8, 4) is 11.5 Å². The van der Waals surface area contributed by atoms with Crippen LogP contribution >= 0.6 is 24.8 Å². The third-order valence-electron chi connectivity index (χ3n) is 7.76. The van der Waals surface area contributed by atoms with E-state index >= 15 is 0 Å². The van der Waals surface area contributed by atoms with Crippen LogP contribution in [0.4, 0.5) is 0 Å². The second-order valence-electron chi connectivity index (χ2n) is 10.5. The average molecular weight is 720 g/mol. The summed E-state index contributed by atoms with van der Waals surface area (Å²) in [6, 6.07) is 27.2. The van der Waals surface area contributed by atoms with Crippen LogP contribution in [-0.2, 0) is 19.7 Å². The number of benzene rings is 4. The first-order valence-corrected chi connectivity index (χ1v) is 17.8. The molecule has 3 N–H and O–H groups in total. The molecule has 0 spiro atoms. The van der Waals surface area contributed by atoms with Gasteiger partial charge in [-0.1, -0.05) is 55.4 Å². The summed E-state index contributed by atoms with van der Waals surface area (Å²) in [6.45, 7) is 4.10. The van der Waals surface area contributed by atoms with Gasteiger partial charge >= 0.3 is 0 Å². The summed E-state index contributed by atoms with van der Waals surface area (Å²) in [7, 11) is -0.586. The highest BCUT2D eigenvalue weighted by molar-refractivity contribution is 7.91. The minimum absolute atomic E-state index is 0. The Morgan fingerprint density at radius 3 is 1.47 bits per heavy atom. The first-order valence-electron chi connectivity index (χ1n) is 14.8. The zero-order valence-electron chi connectivity index (χ0n) is 26.4. The molecule has 2 aliphatic heterocycles. The van der Waals surface area contributed by atoms with E-state index in [0.29, 0.717) is 42.1 Å². The van der Waals surface area contributed by atoms with Crippen LogP contribution in [0.1, 0.15) is 35.8 Å². The molecule has 0 aliphatic carbocycles. The lowest BCUT2D eigenvalue weighted by Crippen LogP contribution is -2.23. The first-order chi connectivity index (χ1) is 21.8. The van der Waals surface area contributed by atoms with Crippen molar-refractivity contribution in [1.29, 1.82) is 0 Å². The van der Waals surface area contributed by atoms with Gasteiger partial charge < -0.3 is 20.5 Å². The molecular weight excluding hydrogens is 678 g/mol. The Labute approximate surface area is 292 Å². The molecule has 6 rings (SSSR count). The van der Waals surface area contributed by atoms with Gasteiger partial charge in [-0.3, -0.25) is 0 Å². The highest BCUT2D eigenvalue weighted by atomic mass is 35.5. The molecule has 13 heteroatoms. The van der Waals surface area contributed by atoms with E-state index in [-0.39, 0.29) is 45.4 Å². The molecule has 2 aliphatic rings. The minimum atomic E-state index is -3.51. The Balaban J connectivity index is 0.000000299. The lowest BCUT2D eigenvalue weighted by atomic mass is 9.93. The van der Waals surface area contributed by atoms with Crippen molar-refractivity contribution in [2.45, 2.75) is 51.1 Å². The Kier molecular flexibility index (Phi) is 15.8. The largest absolute Gasteiger partial charge is 0.493 e. The molecule has 2 atom stereocenters. The molecule has 0 saturated heterocycles. The van der Waals surface area contributed by atoms with Crippen LogP contribution in [0.25, 0.3) is 0 Å². The van der Waals surface area contributed by atoms with Crippen LogP contribution in [-0.4, -0.2) is 58.0 Å². The maximum absolute atomic E-state index is 12.7. The topological polar surface area (TPSA) is 125 Å². The van der Waals surface area contributed by atoms with Crippen LogP contribution in [0, 0.1) is 0 Å². The fourth-order valence-corrected chi connectivity index (χ4v) is 7.99. The van der Waals surface area contributed by atoms with E-state index < -0.39 is 19.7 Å². The van der Waals surface area contributed by atoms with E-state index in [1.807, 2.05) is 19.2 Å². The van der Waals surface area contributed by atoms with E-state index in [9.17, 15) is 16.8 Å². The van der Waals surface area contributed by atoms with Crippen molar-refractivity contribution >= 4 is 52.3 Å². The Bertz CT molecular complexity index is 1780. The maximum Gasteiger partial charge on any atom is 0.206 e. The van der Waals surface area contributed by atoms with Crippen LogP contribution in [0.3, 0.4) is 0 Å². The molecule has 8 nitrogen and oxygen atoms in total. The van der Waals surface area contributed by atoms with Gasteiger partial charge in [-0.2, -0.15) is 0 Å². The smallest absolute Gasteiger partial charge is 0.206 e. The summed E-state index contributed by atoms with van der Waals surface area (Å²) in [4.78, 5) is 1.13. The van der Waals surface area contributed by atoms with Crippen LogP contribution in [0.2, 0.25) is 6.82 Å². The van der Waals surface area contributed by atoms with Crippen molar-refractivity contribution in [2.75, 3.05) is 33.4 Å². The van der Waals surface area contributed by atoms with Gasteiger partial charge in [-0.25, -0.2) is 16.8 Å². The standard InChI is InChI=1S/C17H19NO3S.C16H17NO3S.CH3B.2ClH/c1-18-12-13-9-10-21-17-11-15(7-8-16(13)17)22(19,20)14-5-3-2-4-6-14;17-11-12-8-9-20-16-10-14(6-7-15(12)16)21(18,19)13-4-2-1-3-5-13;1-2;;/h2-8,11,13,18H,9-10,12H2,1H3;1-7,10,12H,8-9,11,17H2;1H3;2*1H. The number of ether oxygens (including phenoxy) is 2. The number of nitrogens with two attached hydrogens (primary N) is 1. The van der Waals surface area contributed by atoms with Gasteiger partial charge in [0, 0.05) is 18.4 Å². The fourth-order valence-electron chi connectivity index (χ4n) is 5.40. The quantitative estimate of drug-likeness (QED) is 0.223. The normalized spacial score (nSPS) is 16.3. The van der Waals surface area contributed by atoms with Gasteiger partial charge in [-0.15, -0.1) is 24.8 Å². The van der Waals surface area contributed by atoms with Crippen LogP contribution in [0.5, 0.6) is 11.5 Å². The molecule has 2 radical (unpaired) electrons. The molecule has 0 fully saturated rings. The fraction of sp³-hybridized carbons (Fsp3) is 0.294. The number of rotatable bonds is 7. The Morgan fingerprint density at radius 1 is 0.660 bits per heavy atom. The molecular formula is C34H41BCl2N2O6S2. The Morgan fingerprint density at radius 2 is 1.06 bits per heavy atom. The van der Waals surface area contributed by atoms with E-state index in [2.05, 4.69) is 13.2 Å². The molecule has 47 heavy (non-hydrogen) atoms. The summed E-state index contributed by atoms with van der Waals surface area (Å²) in [5.41, 5.74) is 7.83. The Hall–Kier alpha value is -3.06. The van der Waals surface area contributed by atoms with Crippen molar-refractivity contribution in [3.63, 3.8) is 0 Å². The minimum Gasteiger partial charge on any atom is -0.493 e. The van der Waals surface area contributed by atoms with Crippen LogP contribution < -0.4 is 20.5 Å². The molecule has 0 aromatic heterocycles. The van der Waals surface area contributed by atoms with Crippen molar-refractivity contribution in [1.82, 2.24) is 5.32 Å². The van der Waals surface area contributed by atoms with Gasteiger partial charge in [-0.05, 0) is 86.1 Å². The molecule has 4 aromatic rings. The van der Waals surface area contributed by atoms with E-state index in [1.165, 1.54) is 6.82 Å². The van der Waals surface area contributed by atoms with Gasteiger partial charge in [0.05, 0.1) is 40.6 Å². The molecule has 0 amide bonds. The van der Waals surface area contributed by atoms with Gasteiger partial charge in [0.25, 0.3) is 0 Å². The molecule has 252 valence electrons. The average Bonchev–Trinajstić information content (AvgIpc) is 3.09. The number of fused-ring (bicyclic) bond motifs is 2. The number of halogens is 2. The van der Waals surface area contributed by atoms with Crippen molar-refractivity contribution < 1.29 is 26.3 Å². The maximum atomic E-state index is 12.7. The molecule has 0 bridgehead atoms. The second-order valence-corrected chi connectivity index (χ2v) is 14.4. The predicted octanol–water partition coefficient (Wildman–Crippen LogP) is 6.00. The van der Waals surface area contributed by atoms with E-state index in [1.54, 1.807) is 84.9 Å². The lowest BCUT2D eigenvalue weighted by molar-refractivity contribution is 0.265. The first kappa shape index (κ1) is 40.1. The number of hydrogen-bond donors (Lipinski definition) is 2. The predicted molar refractivity (Wildman–Crippen MR) is 191 cm³/mol. The molecule has 2 unspecified atom stereocenters. The molecule has 2 heterocycles. The summed E-state index contributed by atoms with van der Waals surface area (Å²) in [5, 5.41) is 3.18. The highest BCUT2D eigenvalue weighted by Gasteiger charge is 2.26. The summed E-state index contributed by atoms with van der Waals surface area (Å²) >= 11 is 0. The SMILES string of the molecule is CNCC1CCOc2cc(S(=O)(=O)c3ccccc3)ccc21.Cl.Cl.NCC1CCOc2cc(S(=O)(=O)c3ccccc3)ccc21.[B]C. The summed E-state index contributed by atoms with van der Waals surface area (Å²) in [6.07, 6.45) is 1.81. The number of nitrogens with one attached hydrogen (secondary N) is 1.